The Morgan fingerprint density at radius 3 is 2.57 bits per heavy atom. The largest absolute Gasteiger partial charge is 0.310 e. The van der Waals surface area contributed by atoms with Gasteiger partial charge in [0.1, 0.15) is 4.21 Å². The van der Waals surface area contributed by atoms with E-state index < -0.39 is 14.9 Å². The Morgan fingerprint density at radius 2 is 2.14 bits per heavy atom. The standard InChI is InChI=1S/C10H19N5O4S2/c1-7(2)14(3)5-4-12-21(18,19)9-6-8(15(16)17)10(13-11)20-9/h6-7,12-13H,4-5,11H2,1-3H3. The van der Waals surface area contributed by atoms with E-state index in [4.69, 9.17) is 5.84 Å². The Balaban J connectivity index is 2.81. The molecule has 1 heterocycles. The molecule has 0 aliphatic rings. The Labute approximate surface area is 127 Å². The van der Waals surface area contributed by atoms with Crippen molar-refractivity contribution in [2.24, 2.45) is 5.84 Å². The number of hydrogen-bond donors (Lipinski definition) is 3. The van der Waals surface area contributed by atoms with Crippen LogP contribution < -0.4 is 16.0 Å². The number of nitrogen functional groups attached to an aromatic ring is 1. The molecule has 21 heavy (non-hydrogen) atoms. The van der Waals surface area contributed by atoms with Gasteiger partial charge in [0, 0.05) is 25.2 Å². The van der Waals surface area contributed by atoms with Gasteiger partial charge in [0.05, 0.1) is 4.92 Å². The average molecular weight is 337 g/mol. The van der Waals surface area contributed by atoms with E-state index in [1.165, 1.54) is 0 Å². The number of nitrogens with two attached hydrogens (primary N) is 1. The second-order valence-electron chi connectivity index (χ2n) is 4.65. The monoisotopic (exact) mass is 337 g/mol. The van der Waals surface area contributed by atoms with Crippen molar-refractivity contribution in [1.29, 1.82) is 0 Å². The number of nitrogens with one attached hydrogen (secondary N) is 2. The van der Waals surface area contributed by atoms with Crippen molar-refractivity contribution in [2.45, 2.75) is 24.1 Å². The first-order valence-corrected chi connectivity index (χ1v) is 8.43. The lowest BCUT2D eigenvalue weighted by Crippen LogP contribution is -2.35. The molecule has 0 bridgehead atoms. The van der Waals surface area contributed by atoms with Gasteiger partial charge < -0.3 is 10.3 Å². The van der Waals surface area contributed by atoms with Gasteiger partial charge in [-0.25, -0.2) is 19.0 Å². The maximum Gasteiger partial charge on any atom is 0.306 e. The summed E-state index contributed by atoms with van der Waals surface area (Å²) in [4.78, 5) is 12.1. The van der Waals surface area contributed by atoms with Crippen molar-refractivity contribution in [1.82, 2.24) is 9.62 Å². The van der Waals surface area contributed by atoms with E-state index in [1.807, 2.05) is 25.8 Å². The van der Waals surface area contributed by atoms with Gasteiger partial charge in [-0.1, -0.05) is 11.3 Å². The minimum Gasteiger partial charge on any atom is -0.310 e. The van der Waals surface area contributed by atoms with Crippen LogP contribution >= 0.6 is 11.3 Å². The molecule has 1 aromatic rings. The van der Waals surface area contributed by atoms with Crippen LogP contribution in [0.4, 0.5) is 10.7 Å². The van der Waals surface area contributed by atoms with Gasteiger partial charge >= 0.3 is 5.69 Å². The first-order chi connectivity index (χ1) is 9.69. The molecular formula is C10H19N5O4S2. The van der Waals surface area contributed by atoms with Crippen molar-refractivity contribution < 1.29 is 13.3 Å². The van der Waals surface area contributed by atoms with Crippen LogP contribution in [0.2, 0.25) is 0 Å². The van der Waals surface area contributed by atoms with E-state index >= 15 is 0 Å². The van der Waals surface area contributed by atoms with E-state index in [1.54, 1.807) is 0 Å². The summed E-state index contributed by atoms with van der Waals surface area (Å²) in [6, 6.07) is 1.29. The summed E-state index contributed by atoms with van der Waals surface area (Å²) < 4.78 is 26.4. The van der Waals surface area contributed by atoms with Crippen LogP contribution in [0, 0.1) is 10.1 Å². The average Bonchev–Trinajstić information content (AvgIpc) is 2.83. The van der Waals surface area contributed by atoms with Gasteiger partial charge in [-0.15, -0.1) is 0 Å². The summed E-state index contributed by atoms with van der Waals surface area (Å²) in [5, 5.41) is 10.8. The van der Waals surface area contributed by atoms with Crippen LogP contribution in [0.15, 0.2) is 10.3 Å². The molecule has 120 valence electrons. The van der Waals surface area contributed by atoms with Crippen LogP contribution in [0.1, 0.15) is 13.8 Å². The normalized spacial score (nSPS) is 12.1. The van der Waals surface area contributed by atoms with Crippen molar-refractivity contribution in [3.63, 3.8) is 0 Å². The third-order valence-corrected chi connectivity index (χ3v) is 5.91. The zero-order valence-electron chi connectivity index (χ0n) is 12.0. The van der Waals surface area contributed by atoms with Crippen molar-refractivity contribution in [2.75, 3.05) is 25.6 Å². The van der Waals surface area contributed by atoms with Gasteiger partial charge in [0.2, 0.25) is 10.0 Å². The molecule has 1 aromatic heterocycles. The van der Waals surface area contributed by atoms with Crippen molar-refractivity contribution in [3.8, 4) is 0 Å². The van der Waals surface area contributed by atoms with Gasteiger partial charge in [-0.2, -0.15) is 0 Å². The summed E-state index contributed by atoms with van der Waals surface area (Å²) >= 11 is 0.718. The second kappa shape index (κ2) is 7.13. The highest BCUT2D eigenvalue weighted by Crippen LogP contribution is 2.36. The van der Waals surface area contributed by atoms with Crippen molar-refractivity contribution >= 4 is 32.0 Å². The lowest BCUT2D eigenvalue weighted by atomic mass is 10.3. The molecule has 0 spiro atoms. The molecule has 0 saturated heterocycles. The molecule has 0 radical (unpaired) electrons. The lowest BCUT2D eigenvalue weighted by molar-refractivity contribution is -0.383. The Hall–Kier alpha value is -1.27. The molecule has 0 amide bonds. The number of thiophene rings is 1. The predicted octanol–water partition coefficient (Wildman–Crippen LogP) is 0.560. The maximum atomic E-state index is 12.1. The molecule has 0 aliphatic carbocycles. The van der Waals surface area contributed by atoms with E-state index in [0.717, 1.165) is 17.4 Å². The smallest absolute Gasteiger partial charge is 0.306 e. The van der Waals surface area contributed by atoms with Crippen LogP contribution in [0.3, 0.4) is 0 Å². The molecule has 1 rings (SSSR count). The highest BCUT2D eigenvalue weighted by atomic mass is 32.2. The van der Waals surface area contributed by atoms with Gasteiger partial charge in [-0.05, 0) is 20.9 Å². The molecule has 0 fully saturated rings. The quantitative estimate of drug-likeness (QED) is 0.359. The number of hydrazine groups is 1. The fourth-order valence-corrected chi connectivity index (χ4v) is 3.72. The maximum absolute atomic E-state index is 12.1. The third kappa shape index (κ3) is 4.61. The van der Waals surface area contributed by atoms with Crippen LogP contribution in [-0.4, -0.2) is 44.4 Å². The topological polar surface area (TPSA) is 131 Å². The summed E-state index contributed by atoms with van der Waals surface area (Å²) in [6.07, 6.45) is 0. The SMILES string of the molecule is CC(C)N(C)CCNS(=O)(=O)c1cc([N+](=O)[O-])c(NN)s1. The predicted molar refractivity (Wildman–Crippen MR) is 81.7 cm³/mol. The molecule has 11 heteroatoms. The first kappa shape index (κ1) is 17.8. The third-order valence-electron chi connectivity index (χ3n) is 2.92. The first-order valence-electron chi connectivity index (χ1n) is 6.13. The van der Waals surface area contributed by atoms with Crippen LogP contribution in [-0.2, 0) is 10.0 Å². The molecule has 0 aliphatic heterocycles. The molecule has 9 nitrogen and oxygen atoms in total. The number of likely N-dealkylation sites (N-methyl/N-ethyl adjacent to an activating group) is 1. The molecule has 4 N–H and O–H groups in total. The molecular weight excluding hydrogens is 318 g/mol. The van der Waals surface area contributed by atoms with Gasteiger partial charge in [0.15, 0.2) is 5.00 Å². The number of anilines is 1. The minimum atomic E-state index is -3.79. The zero-order valence-corrected chi connectivity index (χ0v) is 13.6. The van der Waals surface area contributed by atoms with Crippen LogP contribution in [0.5, 0.6) is 0 Å². The van der Waals surface area contributed by atoms with E-state index in [2.05, 4.69) is 10.1 Å². The Morgan fingerprint density at radius 1 is 1.52 bits per heavy atom. The summed E-state index contributed by atoms with van der Waals surface area (Å²) in [5.41, 5.74) is 1.78. The number of nitro groups is 1. The summed E-state index contributed by atoms with van der Waals surface area (Å²) in [7, 11) is -1.90. The fraction of sp³-hybridized carbons (Fsp3) is 0.600. The van der Waals surface area contributed by atoms with E-state index in [0.29, 0.717) is 12.6 Å². The Bertz CT molecular complexity index is 599. The number of nitrogens with zero attached hydrogens (tertiary/aromatic N) is 2. The summed E-state index contributed by atoms with van der Waals surface area (Å²) in [6.45, 7) is 4.74. The highest BCUT2D eigenvalue weighted by Gasteiger charge is 2.25. The molecule has 0 unspecified atom stereocenters. The zero-order chi connectivity index (χ0) is 16.2. The number of sulfonamides is 1. The molecule has 0 atom stereocenters. The van der Waals surface area contributed by atoms with E-state index in [9.17, 15) is 18.5 Å². The van der Waals surface area contributed by atoms with E-state index in [-0.39, 0.29) is 21.4 Å². The number of rotatable bonds is 8. The lowest BCUT2D eigenvalue weighted by Gasteiger charge is -2.20. The molecule has 0 aromatic carbocycles. The van der Waals surface area contributed by atoms with Crippen molar-refractivity contribution in [3.05, 3.63) is 16.2 Å². The number of hydrogen-bond acceptors (Lipinski definition) is 8. The van der Waals surface area contributed by atoms with Gasteiger partial charge in [0.25, 0.3) is 0 Å². The summed E-state index contributed by atoms with van der Waals surface area (Å²) in [5.74, 6) is 5.15. The molecule has 0 saturated carbocycles. The second-order valence-corrected chi connectivity index (χ2v) is 7.70. The van der Waals surface area contributed by atoms with Crippen LogP contribution in [0.25, 0.3) is 0 Å². The van der Waals surface area contributed by atoms with Gasteiger partial charge in [-0.3, -0.25) is 10.1 Å². The fourth-order valence-electron chi connectivity index (χ4n) is 1.42. The highest BCUT2D eigenvalue weighted by molar-refractivity contribution is 7.91. The Kier molecular flexibility index (Phi) is 6.04. The minimum absolute atomic E-state index is 0.000302.